The number of nitrogens with zero attached hydrogens (tertiary/aromatic N) is 2. The molecule has 1 unspecified atom stereocenters. The predicted molar refractivity (Wildman–Crippen MR) is 59.8 cm³/mol. The molecule has 0 bridgehead atoms. The minimum Gasteiger partial charge on any atom is -0.392 e. The standard InChI is InChI=1S/C11H13N3O3/c12-10(17)8-4-9(16)14(5-8)11-7(6-15)2-1-3-13-11/h1-3,8,15H,4-6H2,(H2,12,17). The van der Waals surface area contributed by atoms with Crippen LogP contribution >= 0.6 is 0 Å². The molecule has 1 fully saturated rings. The van der Waals surface area contributed by atoms with Gasteiger partial charge in [0, 0.05) is 24.7 Å². The van der Waals surface area contributed by atoms with Gasteiger partial charge in [0.05, 0.1) is 12.5 Å². The van der Waals surface area contributed by atoms with Crippen LogP contribution < -0.4 is 10.6 Å². The van der Waals surface area contributed by atoms with Crippen LogP contribution in [0, 0.1) is 5.92 Å². The average Bonchev–Trinajstić information content (AvgIpc) is 2.71. The third-order valence-corrected chi connectivity index (χ3v) is 2.82. The van der Waals surface area contributed by atoms with Gasteiger partial charge >= 0.3 is 0 Å². The molecule has 90 valence electrons. The molecular weight excluding hydrogens is 222 g/mol. The molecule has 1 aliphatic rings. The fraction of sp³-hybridized carbons (Fsp3) is 0.364. The lowest BCUT2D eigenvalue weighted by Gasteiger charge is -2.17. The van der Waals surface area contributed by atoms with Crippen molar-refractivity contribution in [1.29, 1.82) is 0 Å². The van der Waals surface area contributed by atoms with E-state index >= 15 is 0 Å². The van der Waals surface area contributed by atoms with Crippen LogP contribution in [0.25, 0.3) is 0 Å². The molecule has 6 heteroatoms. The number of hydrogen-bond donors (Lipinski definition) is 2. The minimum absolute atomic E-state index is 0.108. The summed E-state index contributed by atoms with van der Waals surface area (Å²) in [5.41, 5.74) is 5.74. The van der Waals surface area contributed by atoms with Crippen molar-refractivity contribution in [3.63, 3.8) is 0 Å². The van der Waals surface area contributed by atoms with E-state index < -0.39 is 11.8 Å². The molecule has 0 aromatic carbocycles. The van der Waals surface area contributed by atoms with Crippen LogP contribution in [0.2, 0.25) is 0 Å². The first kappa shape index (κ1) is 11.5. The summed E-state index contributed by atoms with van der Waals surface area (Å²) in [6.07, 6.45) is 1.65. The Bertz CT molecular complexity index is 461. The second kappa shape index (κ2) is 4.50. The van der Waals surface area contributed by atoms with E-state index in [1.54, 1.807) is 18.3 Å². The van der Waals surface area contributed by atoms with Crippen molar-refractivity contribution >= 4 is 17.6 Å². The van der Waals surface area contributed by atoms with Crippen molar-refractivity contribution in [2.45, 2.75) is 13.0 Å². The molecule has 0 radical (unpaired) electrons. The summed E-state index contributed by atoms with van der Waals surface area (Å²) in [6.45, 7) is 0.0341. The van der Waals surface area contributed by atoms with Crippen LogP contribution in [0.1, 0.15) is 12.0 Å². The molecule has 6 nitrogen and oxygen atoms in total. The number of hydrogen-bond acceptors (Lipinski definition) is 4. The molecule has 1 aliphatic heterocycles. The number of aliphatic hydroxyl groups is 1. The van der Waals surface area contributed by atoms with E-state index in [0.717, 1.165) is 0 Å². The number of pyridine rings is 1. The zero-order chi connectivity index (χ0) is 12.4. The Morgan fingerprint density at radius 3 is 3.00 bits per heavy atom. The molecule has 2 amide bonds. The first-order chi connectivity index (χ1) is 8.13. The summed E-state index contributed by atoms with van der Waals surface area (Å²) >= 11 is 0. The highest BCUT2D eigenvalue weighted by Crippen LogP contribution is 2.25. The second-order valence-corrected chi connectivity index (χ2v) is 3.95. The lowest BCUT2D eigenvalue weighted by atomic mass is 10.1. The Morgan fingerprint density at radius 1 is 1.65 bits per heavy atom. The molecule has 17 heavy (non-hydrogen) atoms. The van der Waals surface area contributed by atoms with Gasteiger partial charge in [-0.3, -0.25) is 14.5 Å². The molecule has 3 N–H and O–H groups in total. The zero-order valence-corrected chi connectivity index (χ0v) is 9.17. The van der Waals surface area contributed by atoms with Gasteiger partial charge in [-0.25, -0.2) is 4.98 Å². The largest absolute Gasteiger partial charge is 0.392 e. The summed E-state index contributed by atoms with van der Waals surface area (Å²) in [4.78, 5) is 28.3. The molecule has 2 rings (SSSR count). The number of nitrogens with two attached hydrogens (primary N) is 1. The van der Waals surface area contributed by atoms with Gasteiger partial charge in [0.15, 0.2) is 0 Å². The minimum atomic E-state index is -0.484. The normalized spacial score (nSPS) is 19.7. The number of rotatable bonds is 3. The van der Waals surface area contributed by atoms with Crippen molar-refractivity contribution < 1.29 is 14.7 Å². The maximum atomic E-state index is 11.8. The van der Waals surface area contributed by atoms with Gasteiger partial charge < -0.3 is 10.8 Å². The van der Waals surface area contributed by atoms with Gasteiger partial charge in [-0.05, 0) is 6.07 Å². The van der Waals surface area contributed by atoms with Crippen molar-refractivity contribution in [3.05, 3.63) is 23.9 Å². The molecule has 1 aromatic heterocycles. The highest BCUT2D eigenvalue weighted by atomic mass is 16.3. The maximum absolute atomic E-state index is 11.8. The smallest absolute Gasteiger partial charge is 0.229 e. The van der Waals surface area contributed by atoms with Crippen molar-refractivity contribution in [1.82, 2.24) is 4.98 Å². The molecule has 1 aromatic rings. The Balaban J connectivity index is 2.29. The van der Waals surface area contributed by atoms with Crippen LogP contribution in [0.3, 0.4) is 0 Å². The second-order valence-electron chi connectivity index (χ2n) is 3.95. The third-order valence-electron chi connectivity index (χ3n) is 2.82. The van der Waals surface area contributed by atoms with Crippen LogP contribution in [0.5, 0.6) is 0 Å². The van der Waals surface area contributed by atoms with Gasteiger partial charge in [0.1, 0.15) is 5.82 Å². The number of aliphatic hydroxyl groups excluding tert-OH is 1. The fourth-order valence-electron chi connectivity index (χ4n) is 1.90. The first-order valence-electron chi connectivity index (χ1n) is 5.28. The van der Waals surface area contributed by atoms with Gasteiger partial charge in [0.25, 0.3) is 0 Å². The predicted octanol–water partition coefficient (Wildman–Crippen LogP) is -0.588. The fourth-order valence-corrected chi connectivity index (χ4v) is 1.90. The molecule has 1 saturated heterocycles. The average molecular weight is 235 g/mol. The van der Waals surface area contributed by atoms with Crippen LogP contribution in [0.4, 0.5) is 5.82 Å². The van der Waals surface area contributed by atoms with Crippen LogP contribution in [-0.2, 0) is 16.2 Å². The van der Waals surface area contributed by atoms with E-state index in [-0.39, 0.29) is 25.5 Å². The summed E-state index contributed by atoms with van der Waals surface area (Å²) in [6, 6.07) is 3.37. The van der Waals surface area contributed by atoms with E-state index in [4.69, 9.17) is 5.73 Å². The van der Waals surface area contributed by atoms with Gasteiger partial charge in [0.2, 0.25) is 11.8 Å². The van der Waals surface area contributed by atoms with Crippen molar-refractivity contribution in [2.24, 2.45) is 11.7 Å². The lowest BCUT2D eigenvalue weighted by Crippen LogP contribution is -2.29. The van der Waals surface area contributed by atoms with Crippen LogP contribution in [-0.4, -0.2) is 28.4 Å². The summed E-state index contributed by atoms with van der Waals surface area (Å²) in [5.74, 6) is -0.746. The Hall–Kier alpha value is -1.95. The molecule has 0 spiro atoms. The molecular formula is C11H13N3O3. The Kier molecular flexibility index (Phi) is 3.06. The van der Waals surface area contributed by atoms with Crippen molar-refractivity contribution in [3.8, 4) is 0 Å². The topological polar surface area (TPSA) is 96.5 Å². The Morgan fingerprint density at radius 2 is 2.41 bits per heavy atom. The highest BCUT2D eigenvalue weighted by Gasteiger charge is 2.35. The van der Waals surface area contributed by atoms with Crippen LogP contribution in [0.15, 0.2) is 18.3 Å². The molecule has 1 atom stereocenters. The van der Waals surface area contributed by atoms with E-state index in [1.165, 1.54) is 4.90 Å². The van der Waals surface area contributed by atoms with Crippen molar-refractivity contribution in [2.75, 3.05) is 11.4 Å². The van der Waals surface area contributed by atoms with Gasteiger partial charge in [-0.15, -0.1) is 0 Å². The summed E-state index contributed by atoms with van der Waals surface area (Å²) in [7, 11) is 0. The van der Waals surface area contributed by atoms with Gasteiger partial charge in [-0.1, -0.05) is 6.07 Å². The van der Waals surface area contributed by atoms with E-state index in [9.17, 15) is 14.7 Å². The number of amides is 2. The monoisotopic (exact) mass is 235 g/mol. The molecule has 0 aliphatic carbocycles. The number of anilines is 1. The Labute approximate surface area is 98.1 Å². The first-order valence-corrected chi connectivity index (χ1v) is 5.28. The highest BCUT2D eigenvalue weighted by molar-refractivity contribution is 5.99. The van der Waals surface area contributed by atoms with E-state index in [2.05, 4.69) is 4.98 Å². The van der Waals surface area contributed by atoms with E-state index in [0.29, 0.717) is 11.4 Å². The zero-order valence-electron chi connectivity index (χ0n) is 9.17. The molecule has 2 heterocycles. The lowest BCUT2D eigenvalue weighted by molar-refractivity contribution is -0.123. The summed E-state index contributed by atoms with van der Waals surface area (Å²) < 4.78 is 0. The maximum Gasteiger partial charge on any atom is 0.229 e. The molecule has 0 saturated carbocycles. The summed E-state index contributed by atoms with van der Waals surface area (Å²) in [5, 5.41) is 9.17. The SMILES string of the molecule is NC(=O)C1CC(=O)N(c2ncccc2CO)C1. The number of primary amides is 1. The number of carbonyl (C=O) groups is 2. The number of carbonyl (C=O) groups excluding carboxylic acids is 2. The van der Waals surface area contributed by atoms with Gasteiger partial charge in [-0.2, -0.15) is 0 Å². The third kappa shape index (κ3) is 2.12. The quantitative estimate of drug-likeness (QED) is 0.732. The number of aromatic nitrogens is 1. The van der Waals surface area contributed by atoms with E-state index in [1.807, 2.05) is 0 Å².